The minimum absolute atomic E-state index is 0.0526. The van der Waals surface area contributed by atoms with Crippen LogP contribution in [0.15, 0.2) is 66.7 Å². The van der Waals surface area contributed by atoms with Gasteiger partial charge in [-0.3, -0.25) is 9.59 Å². The molecule has 0 aliphatic rings. The summed E-state index contributed by atoms with van der Waals surface area (Å²) >= 11 is 0. The van der Waals surface area contributed by atoms with E-state index in [1.807, 2.05) is 55.5 Å². The van der Waals surface area contributed by atoms with Crippen LogP contribution in [0.3, 0.4) is 0 Å². The number of nitrogens with zero attached hydrogens (tertiary/aromatic N) is 2. The second-order valence-corrected chi connectivity index (χ2v) is 8.50. The van der Waals surface area contributed by atoms with Crippen molar-refractivity contribution in [2.45, 2.75) is 13.8 Å². The zero-order valence-electron chi connectivity index (χ0n) is 21.9. The second-order valence-electron chi connectivity index (χ2n) is 8.50. The molecule has 0 fully saturated rings. The van der Waals surface area contributed by atoms with Crippen LogP contribution >= 0.6 is 0 Å². The van der Waals surface area contributed by atoms with E-state index in [2.05, 4.69) is 5.32 Å². The van der Waals surface area contributed by atoms with Crippen LogP contribution in [0.4, 0.5) is 5.69 Å². The second kappa shape index (κ2) is 11.6. The minimum atomic E-state index is -0.489. The molecule has 38 heavy (non-hydrogen) atoms. The third kappa shape index (κ3) is 5.68. The van der Waals surface area contributed by atoms with Crippen LogP contribution in [0, 0.1) is 6.92 Å². The number of hydrogen-bond donors (Lipinski definition) is 1. The summed E-state index contributed by atoms with van der Waals surface area (Å²) in [7, 11) is 4.61. The Morgan fingerprint density at radius 2 is 1.71 bits per heavy atom. The first-order chi connectivity index (χ1) is 18.3. The Kier molecular flexibility index (Phi) is 8.08. The molecule has 1 heterocycles. The molecular formula is C29H29N3O6. The van der Waals surface area contributed by atoms with E-state index in [1.54, 1.807) is 37.1 Å². The van der Waals surface area contributed by atoms with Gasteiger partial charge in [0.2, 0.25) is 11.8 Å². The lowest BCUT2D eigenvalue weighted by atomic mass is 10.00. The Bertz CT molecular complexity index is 1460. The van der Waals surface area contributed by atoms with Gasteiger partial charge >= 0.3 is 5.97 Å². The summed E-state index contributed by atoms with van der Waals surface area (Å²) in [5, 5.41) is 7.69. The van der Waals surface area contributed by atoms with Crippen molar-refractivity contribution in [2.75, 3.05) is 33.3 Å². The number of hydrogen-bond acceptors (Lipinski definition) is 7. The van der Waals surface area contributed by atoms with Gasteiger partial charge in [-0.2, -0.15) is 9.78 Å². The molecule has 0 saturated carbocycles. The van der Waals surface area contributed by atoms with E-state index >= 15 is 0 Å². The number of carbonyl (C=O) groups excluding carboxylic acids is 2. The summed E-state index contributed by atoms with van der Waals surface area (Å²) in [6.45, 7) is 3.27. The van der Waals surface area contributed by atoms with E-state index in [0.717, 1.165) is 16.8 Å². The Balaban J connectivity index is 1.96. The number of rotatable bonds is 9. The summed E-state index contributed by atoms with van der Waals surface area (Å²) in [5.74, 6) is 0.666. The molecule has 4 aromatic rings. The summed E-state index contributed by atoms with van der Waals surface area (Å²) in [6.07, 6.45) is 0. The first-order valence-electron chi connectivity index (χ1n) is 11.8. The van der Waals surface area contributed by atoms with E-state index in [-0.39, 0.29) is 18.4 Å². The summed E-state index contributed by atoms with van der Waals surface area (Å²) in [4.78, 5) is 24.2. The Hall–Kier alpha value is -4.63. The van der Waals surface area contributed by atoms with Crippen LogP contribution in [0.5, 0.6) is 17.4 Å². The number of esters is 1. The molecule has 0 atom stereocenters. The van der Waals surface area contributed by atoms with Crippen molar-refractivity contribution in [3.63, 3.8) is 0 Å². The van der Waals surface area contributed by atoms with E-state index in [1.165, 1.54) is 14.0 Å². The average Bonchev–Trinajstić information content (AvgIpc) is 3.27. The molecule has 0 saturated heterocycles. The van der Waals surface area contributed by atoms with Crippen LogP contribution in [0.2, 0.25) is 0 Å². The third-order valence-corrected chi connectivity index (χ3v) is 5.73. The standard InChI is InChI=1S/C29H29N3O6/c1-18-7-6-8-22(15-18)32-29(38-19(2)33)27(20-9-11-21(12-10-20)30-26(34)17-35-3)28(31-32)24-14-13-23(36-4)16-25(24)37-5/h6-16H,17H2,1-5H3,(H,30,34). The fourth-order valence-electron chi connectivity index (χ4n) is 4.06. The first-order valence-corrected chi connectivity index (χ1v) is 11.8. The molecule has 0 aliphatic carbocycles. The number of nitrogens with one attached hydrogen (secondary N) is 1. The van der Waals surface area contributed by atoms with Crippen LogP contribution in [-0.4, -0.2) is 49.6 Å². The van der Waals surface area contributed by atoms with E-state index in [0.29, 0.717) is 34.0 Å². The highest BCUT2D eigenvalue weighted by molar-refractivity contribution is 5.93. The maximum Gasteiger partial charge on any atom is 0.309 e. The number of methoxy groups -OCH3 is 3. The van der Waals surface area contributed by atoms with Crippen molar-refractivity contribution in [3.05, 3.63) is 72.3 Å². The monoisotopic (exact) mass is 515 g/mol. The fraction of sp³-hybridized carbons (Fsp3) is 0.207. The van der Waals surface area contributed by atoms with Gasteiger partial charge in [0.05, 0.1) is 25.5 Å². The molecule has 1 aromatic heterocycles. The van der Waals surface area contributed by atoms with Gasteiger partial charge < -0.3 is 24.3 Å². The van der Waals surface area contributed by atoms with E-state index in [4.69, 9.17) is 24.0 Å². The van der Waals surface area contributed by atoms with Gasteiger partial charge in [0.1, 0.15) is 23.8 Å². The minimum Gasteiger partial charge on any atom is -0.497 e. The van der Waals surface area contributed by atoms with Crippen LogP contribution < -0.4 is 19.5 Å². The maximum atomic E-state index is 12.3. The van der Waals surface area contributed by atoms with Gasteiger partial charge in [-0.25, -0.2) is 0 Å². The molecule has 3 aromatic carbocycles. The molecule has 196 valence electrons. The fourth-order valence-corrected chi connectivity index (χ4v) is 4.06. The topological polar surface area (TPSA) is 101 Å². The van der Waals surface area contributed by atoms with Crippen LogP contribution in [-0.2, 0) is 14.3 Å². The normalized spacial score (nSPS) is 10.7. The van der Waals surface area contributed by atoms with Crippen molar-refractivity contribution in [1.29, 1.82) is 0 Å². The predicted molar refractivity (Wildman–Crippen MR) is 144 cm³/mol. The van der Waals surface area contributed by atoms with Gasteiger partial charge in [0, 0.05) is 31.4 Å². The van der Waals surface area contributed by atoms with Crippen LogP contribution in [0.25, 0.3) is 28.1 Å². The van der Waals surface area contributed by atoms with Crippen LogP contribution in [0.1, 0.15) is 12.5 Å². The highest BCUT2D eigenvalue weighted by Gasteiger charge is 2.26. The largest absolute Gasteiger partial charge is 0.497 e. The van der Waals surface area contributed by atoms with Gasteiger partial charge in [-0.15, -0.1) is 0 Å². The maximum absolute atomic E-state index is 12.3. The van der Waals surface area contributed by atoms with Gasteiger partial charge in [0.15, 0.2) is 0 Å². The molecule has 0 unspecified atom stereocenters. The molecule has 0 bridgehead atoms. The number of amides is 1. The molecule has 9 nitrogen and oxygen atoms in total. The number of ether oxygens (including phenoxy) is 4. The highest BCUT2D eigenvalue weighted by Crippen LogP contribution is 2.44. The SMILES string of the molecule is COCC(=O)Nc1ccc(-c2c(-c3ccc(OC)cc3OC)nn(-c3cccc(C)c3)c2OC(C)=O)cc1. The molecule has 4 rings (SSSR count). The third-order valence-electron chi connectivity index (χ3n) is 5.73. The zero-order valence-corrected chi connectivity index (χ0v) is 21.9. The Labute approximate surface area is 220 Å². The average molecular weight is 516 g/mol. The number of benzene rings is 3. The molecule has 0 spiro atoms. The van der Waals surface area contributed by atoms with Crippen molar-refractivity contribution in [3.8, 4) is 45.5 Å². The summed E-state index contributed by atoms with van der Waals surface area (Å²) < 4.78 is 23.3. The summed E-state index contributed by atoms with van der Waals surface area (Å²) in [6, 6.07) is 20.3. The smallest absolute Gasteiger partial charge is 0.309 e. The van der Waals surface area contributed by atoms with Crippen molar-refractivity contribution in [1.82, 2.24) is 9.78 Å². The Morgan fingerprint density at radius 3 is 2.34 bits per heavy atom. The number of anilines is 1. The zero-order chi connectivity index (χ0) is 27.2. The molecule has 9 heteroatoms. The highest BCUT2D eigenvalue weighted by atomic mass is 16.5. The van der Waals surface area contributed by atoms with Gasteiger partial charge in [0.25, 0.3) is 0 Å². The quantitative estimate of drug-likeness (QED) is 0.312. The first kappa shape index (κ1) is 26.4. The van der Waals surface area contributed by atoms with E-state index < -0.39 is 5.97 Å². The lowest BCUT2D eigenvalue weighted by molar-refractivity contribution is -0.132. The molecule has 1 amide bonds. The molecule has 0 radical (unpaired) electrons. The molecule has 1 N–H and O–H groups in total. The number of carbonyl (C=O) groups is 2. The molecule has 0 aliphatic heterocycles. The van der Waals surface area contributed by atoms with E-state index in [9.17, 15) is 9.59 Å². The van der Waals surface area contributed by atoms with Crippen molar-refractivity contribution in [2.24, 2.45) is 0 Å². The predicted octanol–water partition coefficient (Wildman–Crippen LogP) is 5.04. The van der Waals surface area contributed by atoms with Gasteiger partial charge in [-0.05, 0) is 54.4 Å². The Morgan fingerprint density at radius 1 is 0.947 bits per heavy atom. The lowest BCUT2D eigenvalue weighted by Crippen LogP contribution is -2.16. The number of aromatic nitrogens is 2. The summed E-state index contributed by atoms with van der Waals surface area (Å²) in [5.41, 5.74) is 4.87. The number of aryl methyl sites for hydroxylation is 1. The lowest BCUT2D eigenvalue weighted by Gasteiger charge is -2.12. The van der Waals surface area contributed by atoms with Crippen molar-refractivity contribution < 1.29 is 28.5 Å². The van der Waals surface area contributed by atoms with Crippen molar-refractivity contribution >= 4 is 17.6 Å². The van der Waals surface area contributed by atoms with Gasteiger partial charge in [-0.1, -0.05) is 24.3 Å². The molecular weight excluding hydrogens is 486 g/mol.